The fourth-order valence-electron chi connectivity index (χ4n) is 3.43. The number of urea groups is 1. The van der Waals surface area contributed by atoms with Gasteiger partial charge in [-0.1, -0.05) is 39.3 Å². The number of rotatable bonds is 8. The summed E-state index contributed by atoms with van der Waals surface area (Å²) in [6.45, 7) is 9.53. The van der Waals surface area contributed by atoms with E-state index in [1.54, 1.807) is 0 Å². The summed E-state index contributed by atoms with van der Waals surface area (Å²) in [5, 5.41) is 7.88. The minimum Gasteiger partial charge on any atom is -0.493 e. The van der Waals surface area contributed by atoms with E-state index >= 15 is 0 Å². The van der Waals surface area contributed by atoms with E-state index in [2.05, 4.69) is 38.2 Å². The van der Waals surface area contributed by atoms with Crippen molar-refractivity contribution in [2.75, 3.05) is 19.7 Å². The number of nitrogens with one attached hydrogen (secondary N) is 1. The molecule has 7 heteroatoms. The third-order valence-corrected chi connectivity index (χ3v) is 4.69. The van der Waals surface area contributed by atoms with Crippen molar-refractivity contribution in [3.05, 3.63) is 23.4 Å². The van der Waals surface area contributed by atoms with Crippen LogP contribution in [0.3, 0.4) is 0 Å². The van der Waals surface area contributed by atoms with E-state index in [4.69, 9.17) is 9.26 Å². The van der Waals surface area contributed by atoms with Gasteiger partial charge in [0, 0.05) is 17.5 Å². The maximum Gasteiger partial charge on any atom is 0.324 e. The molecular weight excluding hydrogens is 358 g/mol. The fraction of sp³-hybridized carbons (Fsp3) is 0.571. The first-order chi connectivity index (χ1) is 13.3. The van der Waals surface area contributed by atoms with Crippen LogP contribution in [-0.2, 0) is 17.6 Å². The summed E-state index contributed by atoms with van der Waals surface area (Å²) < 4.78 is 11.7. The van der Waals surface area contributed by atoms with Crippen LogP contribution in [-0.4, -0.2) is 41.7 Å². The molecule has 1 aliphatic heterocycles. The zero-order valence-corrected chi connectivity index (χ0v) is 17.1. The molecule has 0 saturated carbocycles. The molecule has 0 atom stereocenters. The molecule has 0 bridgehead atoms. The normalized spacial score (nSPS) is 14.8. The number of imide groups is 1. The van der Waals surface area contributed by atoms with Gasteiger partial charge in [-0.3, -0.25) is 9.69 Å². The number of hydrogen-bond acceptors (Lipinski definition) is 5. The molecule has 3 amide bonds. The molecule has 0 unspecified atom stereocenters. The van der Waals surface area contributed by atoms with Crippen molar-refractivity contribution in [1.82, 2.24) is 15.4 Å². The lowest BCUT2D eigenvalue weighted by Crippen LogP contribution is -2.32. The first kappa shape index (κ1) is 20.2. The quantitative estimate of drug-likeness (QED) is 0.552. The summed E-state index contributed by atoms with van der Waals surface area (Å²) in [5.41, 5.74) is 2.93. The van der Waals surface area contributed by atoms with Gasteiger partial charge in [0.05, 0.1) is 18.8 Å². The van der Waals surface area contributed by atoms with Crippen molar-refractivity contribution in [3.63, 3.8) is 0 Å². The Balaban J connectivity index is 1.71. The summed E-state index contributed by atoms with van der Waals surface area (Å²) in [6.07, 6.45) is 3.23. The number of hydrogen-bond donors (Lipinski definition) is 1. The summed E-state index contributed by atoms with van der Waals surface area (Å²) in [4.78, 5) is 24.4. The Bertz CT molecular complexity index is 850. The molecule has 0 radical (unpaired) electrons. The van der Waals surface area contributed by atoms with Crippen LogP contribution in [0, 0.1) is 5.41 Å². The van der Waals surface area contributed by atoms with Crippen molar-refractivity contribution in [2.24, 2.45) is 5.41 Å². The van der Waals surface area contributed by atoms with E-state index in [-0.39, 0.29) is 23.9 Å². The maximum atomic E-state index is 11.6. The number of ether oxygens (including phenoxy) is 1. The van der Waals surface area contributed by atoms with Crippen molar-refractivity contribution in [3.8, 4) is 5.75 Å². The van der Waals surface area contributed by atoms with Gasteiger partial charge < -0.3 is 14.6 Å². The standard InChI is InChI=1S/C21H29N3O4/c1-5-7-15-17(27-11-6-10-24-18(25)13-22-20(24)26)9-8-14-16(12-21(2,3)4)23-28-19(14)15/h8-9H,5-7,10-13H2,1-4H3,(H,22,26). The third kappa shape index (κ3) is 4.46. The van der Waals surface area contributed by atoms with Gasteiger partial charge in [0.15, 0.2) is 5.58 Å². The van der Waals surface area contributed by atoms with Crippen LogP contribution >= 0.6 is 0 Å². The van der Waals surface area contributed by atoms with E-state index in [0.29, 0.717) is 19.6 Å². The predicted octanol–water partition coefficient (Wildman–Crippen LogP) is 3.69. The van der Waals surface area contributed by atoms with Gasteiger partial charge in [0.2, 0.25) is 5.91 Å². The van der Waals surface area contributed by atoms with Crippen LogP contribution in [0.15, 0.2) is 16.7 Å². The van der Waals surface area contributed by atoms with Gasteiger partial charge in [-0.05, 0) is 36.8 Å². The van der Waals surface area contributed by atoms with Crippen LogP contribution in [0.5, 0.6) is 5.75 Å². The summed E-state index contributed by atoms with van der Waals surface area (Å²) >= 11 is 0. The van der Waals surface area contributed by atoms with Crippen molar-refractivity contribution in [1.29, 1.82) is 0 Å². The Kier molecular flexibility index (Phi) is 5.91. The van der Waals surface area contributed by atoms with E-state index in [9.17, 15) is 9.59 Å². The molecule has 3 rings (SSSR count). The smallest absolute Gasteiger partial charge is 0.324 e. The Morgan fingerprint density at radius 3 is 2.71 bits per heavy atom. The number of aryl methyl sites for hydroxylation is 1. The average Bonchev–Trinajstić information content (AvgIpc) is 3.16. The number of fused-ring (bicyclic) bond motifs is 1. The van der Waals surface area contributed by atoms with E-state index in [0.717, 1.165) is 47.2 Å². The Morgan fingerprint density at radius 1 is 1.29 bits per heavy atom. The molecule has 152 valence electrons. The Hall–Kier alpha value is -2.57. The van der Waals surface area contributed by atoms with E-state index < -0.39 is 0 Å². The molecule has 1 saturated heterocycles. The number of nitrogens with zero attached hydrogens (tertiary/aromatic N) is 2. The number of carbonyl (C=O) groups excluding carboxylic acids is 2. The summed E-state index contributed by atoms with van der Waals surface area (Å²) in [7, 11) is 0. The Labute approximate surface area is 165 Å². The summed E-state index contributed by atoms with van der Waals surface area (Å²) in [6, 6.07) is 3.66. The molecule has 1 aromatic heterocycles. The molecular formula is C21H29N3O4. The fourth-order valence-corrected chi connectivity index (χ4v) is 3.43. The SMILES string of the molecule is CCCc1c(OCCCN2C(=O)CNC2=O)ccc2c(CC(C)(C)C)noc12. The highest BCUT2D eigenvalue weighted by molar-refractivity contribution is 6.01. The van der Waals surface area contributed by atoms with Crippen molar-refractivity contribution in [2.45, 2.75) is 53.4 Å². The number of carbonyl (C=O) groups is 2. The Morgan fingerprint density at radius 2 is 2.07 bits per heavy atom. The first-order valence-electron chi connectivity index (χ1n) is 9.91. The van der Waals surface area contributed by atoms with Crippen LogP contribution in [0.1, 0.15) is 51.8 Å². The lowest BCUT2D eigenvalue weighted by molar-refractivity contribution is -0.125. The largest absolute Gasteiger partial charge is 0.493 e. The van der Waals surface area contributed by atoms with Crippen LogP contribution in [0.25, 0.3) is 11.0 Å². The van der Waals surface area contributed by atoms with Crippen molar-refractivity contribution < 1.29 is 18.8 Å². The minimum absolute atomic E-state index is 0.0827. The molecule has 1 fully saturated rings. The van der Waals surface area contributed by atoms with Gasteiger partial charge in [-0.25, -0.2) is 4.79 Å². The van der Waals surface area contributed by atoms with E-state index in [1.165, 1.54) is 4.90 Å². The lowest BCUT2D eigenvalue weighted by Gasteiger charge is -2.16. The monoisotopic (exact) mass is 387 g/mol. The average molecular weight is 387 g/mol. The number of amides is 3. The molecule has 1 aliphatic rings. The predicted molar refractivity (Wildman–Crippen MR) is 106 cm³/mol. The third-order valence-electron chi connectivity index (χ3n) is 4.69. The second kappa shape index (κ2) is 8.20. The van der Waals surface area contributed by atoms with Gasteiger partial charge in [0.25, 0.3) is 0 Å². The topological polar surface area (TPSA) is 84.7 Å². The van der Waals surface area contributed by atoms with Crippen molar-refractivity contribution >= 4 is 22.9 Å². The molecule has 2 aromatic rings. The zero-order valence-electron chi connectivity index (χ0n) is 17.1. The molecule has 0 spiro atoms. The molecule has 2 heterocycles. The van der Waals surface area contributed by atoms with Gasteiger partial charge >= 0.3 is 6.03 Å². The molecule has 0 aliphatic carbocycles. The summed E-state index contributed by atoms with van der Waals surface area (Å²) in [5.74, 6) is 0.594. The van der Waals surface area contributed by atoms with Gasteiger partial charge in [0.1, 0.15) is 5.75 Å². The van der Waals surface area contributed by atoms with Crippen LogP contribution < -0.4 is 10.1 Å². The second-order valence-electron chi connectivity index (χ2n) is 8.44. The zero-order chi connectivity index (χ0) is 20.3. The highest BCUT2D eigenvalue weighted by Crippen LogP contribution is 2.33. The molecule has 1 N–H and O–H groups in total. The first-order valence-corrected chi connectivity index (χ1v) is 9.91. The highest BCUT2D eigenvalue weighted by atomic mass is 16.5. The molecule has 1 aromatic carbocycles. The highest BCUT2D eigenvalue weighted by Gasteiger charge is 2.27. The minimum atomic E-state index is -0.328. The van der Waals surface area contributed by atoms with Crippen LogP contribution in [0.2, 0.25) is 0 Å². The maximum absolute atomic E-state index is 11.6. The van der Waals surface area contributed by atoms with Gasteiger partial charge in [-0.2, -0.15) is 0 Å². The van der Waals surface area contributed by atoms with Crippen LogP contribution in [0.4, 0.5) is 4.79 Å². The number of benzene rings is 1. The molecule has 28 heavy (non-hydrogen) atoms. The van der Waals surface area contributed by atoms with Gasteiger partial charge in [-0.15, -0.1) is 0 Å². The van der Waals surface area contributed by atoms with E-state index in [1.807, 2.05) is 12.1 Å². The lowest BCUT2D eigenvalue weighted by atomic mass is 9.89. The second-order valence-corrected chi connectivity index (χ2v) is 8.44. The molecule has 7 nitrogen and oxygen atoms in total. The number of aromatic nitrogens is 1.